The molecule has 0 aliphatic carbocycles. The average molecular weight is 252 g/mol. The van der Waals surface area contributed by atoms with Crippen LogP contribution in [0.25, 0.3) is 0 Å². The van der Waals surface area contributed by atoms with Crippen molar-refractivity contribution >= 4 is 0 Å². The molecule has 0 aromatic carbocycles. The van der Waals surface area contributed by atoms with Crippen LogP contribution < -0.4 is 0 Å². The third-order valence-corrected chi connectivity index (χ3v) is 1.44. The van der Waals surface area contributed by atoms with Crippen molar-refractivity contribution in [1.82, 2.24) is 0 Å². The molecule has 0 aliphatic heterocycles. The van der Waals surface area contributed by atoms with E-state index in [-0.39, 0.29) is 0 Å². The Balaban J connectivity index is 4.53. The van der Waals surface area contributed by atoms with Crippen molar-refractivity contribution in [3.63, 3.8) is 0 Å². The largest absolute Gasteiger partial charge is 0.391 e. The van der Waals surface area contributed by atoms with Gasteiger partial charge in [-0.1, -0.05) is 0 Å². The smallest absolute Gasteiger partial charge is 0.372 e. The van der Waals surface area contributed by atoms with E-state index in [0.717, 1.165) is 0 Å². The molecular weight excluding hydrogens is 238 g/mol. The molecule has 0 aromatic rings. The lowest BCUT2D eigenvalue weighted by atomic mass is 10.1. The zero-order valence-electron chi connectivity index (χ0n) is 9.17. The fraction of sp³-hybridized carbons (Fsp3) is 1.00. The van der Waals surface area contributed by atoms with Crippen molar-refractivity contribution in [2.24, 2.45) is 0 Å². The third-order valence-electron chi connectivity index (χ3n) is 1.44. The highest BCUT2D eigenvalue weighted by Gasteiger charge is 2.40. The molecule has 16 heavy (non-hydrogen) atoms. The summed E-state index contributed by atoms with van der Waals surface area (Å²) in [4.78, 5) is 0. The van der Waals surface area contributed by atoms with E-state index in [0.29, 0.717) is 0 Å². The van der Waals surface area contributed by atoms with Crippen molar-refractivity contribution in [2.45, 2.75) is 57.7 Å². The monoisotopic (exact) mass is 252 g/mol. The molecule has 0 fully saturated rings. The van der Waals surface area contributed by atoms with E-state index in [1.165, 1.54) is 20.8 Å². The highest BCUT2D eigenvalue weighted by molar-refractivity contribution is 4.72. The van der Waals surface area contributed by atoms with Crippen molar-refractivity contribution in [1.29, 1.82) is 0 Å². The van der Waals surface area contributed by atoms with Crippen LogP contribution in [0.4, 0.5) is 26.3 Å². The fourth-order valence-electron chi connectivity index (χ4n) is 1.17. The van der Waals surface area contributed by atoms with Gasteiger partial charge in [0.05, 0.1) is 24.5 Å². The maximum Gasteiger partial charge on any atom is 0.391 e. The van der Waals surface area contributed by atoms with Gasteiger partial charge in [0, 0.05) is 0 Å². The molecule has 0 radical (unpaired) electrons. The zero-order valence-corrected chi connectivity index (χ0v) is 9.17. The van der Waals surface area contributed by atoms with Gasteiger partial charge in [0.25, 0.3) is 0 Å². The van der Waals surface area contributed by atoms with Gasteiger partial charge in [0.1, 0.15) is 0 Å². The summed E-state index contributed by atoms with van der Waals surface area (Å²) in [6, 6.07) is 0. The molecule has 0 aromatic heterocycles. The molecule has 0 amide bonds. The summed E-state index contributed by atoms with van der Waals surface area (Å²) in [6.45, 7) is 4.23. The maximum atomic E-state index is 12.0. The standard InChI is InChI=1S/C9H14F6O/c1-7(2,3)16-6(4-8(10,11)12)5-9(13,14)15/h6H,4-5H2,1-3H3. The van der Waals surface area contributed by atoms with Gasteiger partial charge < -0.3 is 4.74 Å². The van der Waals surface area contributed by atoms with Gasteiger partial charge in [-0.05, 0) is 20.8 Å². The van der Waals surface area contributed by atoms with Gasteiger partial charge in [-0.15, -0.1) is 0 Å². The molecule has 0 saturated heterocycles. The van der Waals surface area contributed by atoms with Crippen LogP contribution in [0.15, 0.2) is 0 Å². The Kier molecular flexibility index (Phi) is 4.67. The molecule has 0 bridgehead atoms. The predicted octanol–water partition coefficient (Wildman–Crippen LogP) is 4.07. The summed E-state index contributed by atoms with van der Waals surface area (Å²) in [5.41, 5.74) is -1.04. The molecule has 0 heterocycles. The summed E-state index contributed by atoms with van der Waals surface area (Å²) in [5, 5.41) is 0. The Labute approximate surface area is 89.8 Å². The molecule has 0 spiro atoms. The SMILES string of the molecule is CC(C)(C)OC(CC(F)(F)F)CC(F)(F)F. The van der Waals surface area contributed by atoms with Gasteiger partial charge in [0.15, 0.2) is 0 Å². The Morgan fingerprint density at radius 1 is 0.812 bits per heavy atom. The summed E-state index contributed by atoms with van der Waals surface area (Å²) < 4.78 is 76.8. The Hall–Kier alpha value is -0.460. The highest BCUT2D eigenvalue weighted by Crippen LogP contribution is 2.32. The summed E-state index contributed by atoms with van der Waals surface area (Å²) >= 11 is 0. The molecule has 0 atom stereocenters. The Bertz CT molecular complexity index is 173. The predicted molar refractivity (Wildman–Crippen MR) is 46.0 cm³/mol. The number of ether oxygens (including phenoxy) is 1. The number of halogens is 6. The fourth-order valence-corrected chi connectivity index (χ4v) is 1.17. The van der Waals surface area contributed by atoms with E-state index >= 15 is 0 Å². The van der Waals surface area contributed by atoms with E-state index < -0.39 is 36.9 Å². The molecule has 0 N–H and O–H groups in total. The summed E-state index contributed by atoms with van der Waals surface area (Å²) in [5.74, 6) is 0. The lowest BCUT2D eigenvalue weighted by Gasteiger charge is -2.28. The van der Waals surface area contributed by atoms with E-state index in [2.05, 4.69) is 0 Å². The van der Waals surface area contributed by atoms with Gasteiger partial charge >= 0.3 is 12.4 Å². The maximum absolute atomic E-state index is 12.0. The lowest BCUT2D eigenvalue weighted by molar-refractivity contribution is -0.211. The average Bonchev–Trinajstić information content (AvgIpc) is 1.70. The second-order valence-corrected chi connectivity index (χ2v) is 4.49. The van der Waals surface area contributed by atoms with Crippen LogP contribution in [0, 0.1) is 0 Å². The topological polar surface area (TPSA) is 9.23 Å². The molecular formula is C9H14F6O. The second-order valence-electron chi connectivity index (χ2n) is 4.49. The molecule has 0 rings (SSSR count). The quantitative estimate of drug-likeness (QED) is 0.688. The minimum absolute atomic E-state index is 1.04. The molecule has 98 valence electrons. The normalized spacial score (nSPS) is 14.6. The van der Waals surface area contributed by atoms with E-state index in [1.807, 2.05) is 0 Å². The first-order valence-electron chi connectivity index (χ1n) is 4.60. The van der Waals surface area contributed by atoms with E-state index in [4.69, 9.17) is 4.74 Å². The van der Waals surface area contributed by atoms with Gasteiger partial charge in [-0.25, -0.2) is 0 Å². The van der Waals surface area contributed by atoms with Gasteiger partial charge in [-0.3, -0.25) is 0 Å². The van der Waals surface area contributed by atoms with Crippen LogP contribution in [-0.4, -0.2) is 24.1 Å². The molecule has 0 unspecified atom stereocenters. The third kappa shape index (κ3) is 10.1. The number of hydrogen-bond acceptors (Lipinski definition) is 1. The van der Waals surface area contributed by atoms with Crippen molar-refractivity contribution in [3.8, 4) is 0 Å². The first kappa shape index (κ1) is 15.5. The molecule has 0 saturated carbocycles. The van der Waals surface area contributed by atoms with Crippen LogP contribution in [0.2, 0.25) is 0 Å². The minimum atomic E-state index is -4.67. The van der Waals surface area contributed by atoms with Crippen LogP contribution in [0.5, 0.6) is 0 Å². The van der Waals surface area contributed by atoms with E-state index in [1.54, 1.807) is 0 Å². The van der Waals surface area contributed by atoms with Gasteiger partial charge in [0.2, 0.25) is 0 Å². The van der Waals surface area contributed by atoms with Gasteiger partial charge in [-0.2, -0.15) is 26.3 Å². The van der Waals surface area contributed by atoms with Crippen molar-refractivity contribution < 1.29 is 31.1 Å². The minimum Gasteiger partial charge on any atom is -0.372 e. The Morgan fingerprint density at radius 3 is 1.31 bits per heavy atom. The second kappa shape index (κ2) is 4.81. The van der Waals surface area contributed by atoms with Crippen molar-refractivity contribution in [2.75, 3.05) is 0 Å². The van der Waals surface area contributed by atoms with Crippen LogP contribution >= 0.6 is 0 Å². The van der Waals surface area contributed by atoms with Crippen LogP contribution in [0.3, 0.4) is 0 Å². The molecule has 0 aliphatic rings. The number of rotatable bonds is 3. The van der Waals surface area contributed by atoms with Crippen molar-refractivity contribution in [3.05, 3.63) is 0 Å². The number of alkyl halides is 6. The lowest BCUT2D eigenvalue weighted by Crippen LogP contribution is -2.34. The van der Waals surface area contributed by atoms with Crippen LogP contribution in [-0.2, 0) is 4.74 Å². The molecule has 7 heteroatoms. The molecule has 1 nitrogen and oxygen atoms in total. The Morgan fingerprint density at radius 2 is 1.12 bits per heavy atom. The highest BCUT2D eigenvalue weighted by atomic mass is 19.4. The summed E-state index contributed by atoms with van der Waals surface area (Å²) in [6.07, 6.45) is -14.4. The first-order chi connectivity index (χ1) is 6.79. The number of hydrogen-bond donors (Lipinski definition) is 0. The summed E-state index contributed by atoms with van der Waals surface area (Å²) in [7, 11) is 0. The van der Waals surface area contributed by atoms with E-state index in [9.17, 15) is 26.3 Å². The first-order valence-corrected chi connectivity index (χ1v) is 4.60. The van der Waals surface area contributed by atoms with Crippen LogP contribution in [0.1, 0.15) is 33.6 Å². The zero-order chi connectivity index (χ0) is 13.2.